The second-order valence-electron chi connectivity index (χ2n) is 6.27. The predicted molar refractivity (Wildman–Crippen MR) is 103 cm³/mol. The Kier molecular flexibility index (Phi) is 6.23. The molecule has 27 heavy (non-hydrogen) atoms. The zero-order valence-electron chi connectivity index (χ0n) is 14.9. The maximum absolute atomic E-state index is 12.8. The van der Waals surface area contributed by atoms with Crippen LogP contribution in [0.15, 0.2) is 50.4 Å². The summed E-state index contributed by atoms with van der Waals surface area (Å²) in [5.74, 6) is 0.985. The van der Waals surface area contributed by atoms with Gasteiger partial charge in [-0.3, -0.25) is 4.79 Å². The van der Waals surface area contributed by atoms with Crippen molar-refractivity contribution in [1.29, 1.82) is 0 Å². The van der Waals surface area contributed by atoms with Crippen molar-refractivity contribution in [3.8, 4) is 5.75 Å². The number of hydrogen-bond donors (Lipinski definition) is 1. The van der Waals surface area contributed by atoms with Gasteiger partial charge >= 0.3 is 0 Å². The van der Waals surface area contributed by atoms with E-state index in [1.807, 2.05) is 0 Å². The van der Waals surface area contributed by atoms with Gasteiger partial charge < -0.3 is 14.5 Å². The zero-order valence-corrected chi connectivity index (χ0v) is 17.3. The van der Waals surface area contributed by atoms with Crippen molar-refractivity contribution in [3.63, 3.8) is 0 Å². The molecule has 1 fully saturated rings. The van der Waals surface area contributed by atoms with E-state index >= 15 is 0 Å². The number of sulfonamides is 1. The molecular weight excluding hydrogens is 436 g/mol. The molecule has 0 atom stereocenters. The maximum atomic E-state index is 12.8. The Hall–Kier alpha value is -1.84. The number of nitrogens with zero attached hydrogens (tertiary/aromatic N) is 1. The second-order valence-corrected chi connectivity index (χ2v) is 9.06. The Labute approximate surface area is 166 Å². The Morgan fingerprint density at radius 2 is 2.07 bits per heavy atom. The third-order valence-corrected chi connectivity index (χ3v) is 7.12. The summed E-state index contributed by atoms with van der Waals surface area (Å²) >= 11 is 3.32. The Morgan fingerprint density at radius 1 is 1.33 bits per heavy atom. The Balaban J connectivity index is 1.59. The van der Waals surface area contributed by atoms with Gasteiger partial charge in [0.1, 0.15) is 11.5 Å². The van der Waals surface area contributed by atoms with Gasteiger partial charge in [-0.15, -0.1) is 0 Å². The lowest BCUT2D eigenvalue weighted by atomic mass is 9.97. The highest BCUT2D eigenvalue weighted by atomic mass is 79.9. The number of hydrogen-bond acceptors (Lipinski definition) is 5. The molecule has 1 aliphatic heterocycles. The number of ether oxygens (including phenoxy) is 1. The topological polar surface area (TPSA) is 88.9 Å². The van der Waals surface area contributed by atoms with Gasteiger partial charge in [0.05, 0.1) is 29.3 Å². The second kappa shape index (κ2) is 8.45. The van der Waals surface area contributed by atoms with Crippen LogP contribution in [0.25, 0.3) is 0 Å². The molecule has 0 saturated carbocycles. The van der Waals surface area contributed by atoms with Crippen molar-refractivity contribution in [2.45, 2.75) is 24.3 Å². The number of rotatable bonds is 6. The van der Waals surface area contributed by atoms with Crippen molar-refractivity contribution < 1.29 is 22.4 Å². The SMILES string of the molecule is COc1ccc(S(=O)(=O)N2CCC(C(=O)NCc3ccco3)CC2)cc1Br. The molecule has 1 aliphatic rings. The number of furan rings is 1. The number of amides is 1. The number of halogens is 1. The van der Waals surface area contributed by atoms with Gasteiger partial charge in [-0.25, -0.2) is 8.42 Å². The fourth-order valence-electron chi connectivity index (χ4n) is 3.05. The van der Waals surface area contributed by atoms with Gasteiger partial charge in [0.2, 0.25) is 15.9 Å². The quantitative estimate of drug-likeness (QED) is 0.721. The molecule has 2 aromatic rings. The smallest absolute Gasteiger partial charge is 0.243 e. The van der Waals surface area contributed by atoms with Crippen molar-refractivity contribution in [3.05, 3.63) is 46.8 Å². The molecule has 1 amide bonds. The average molecular weight is 457 g/mol. The fourth-order valence-corrected chi connectivity index (χ4v) is 5.24. The van der Waals surface area contributed by atoms with E-state index in [4.69, 9.17) is 9.15 Å². The maximum Gasteiger partial charge on any atom is 0.243 e. The first-order valence-corrected chi connectivity index (χ1v) is 10.8. The minimum Gasteiger partial charge on any atom is -0.496 e. The largest absolute Gasteiger partial charge is 0.496 e. The van der Waals surface area contributed by atoms with E-state index < -0.39 is 10.0 Å². The van der Waals surface area contributed by atoms with Crippen LogP contribution in [-0.4, -0.2) is 38.8 Å². The molecule has 146 valence electrons. The number of carbonyl (C=O) groups excluding carboxylic acids is 1. The minimum atomic E-state index is -3.61. The first kappa shape index (κ1) is 19.9. The molecule has 3 rings (SSSR count). The number of benzene rings is 1. The van der Waals surface area contributed by atoms with E-state index in [1.54, 1.807) is 24.5 Å². The molecule has 0 spiro atoms. The van der Waals surface area contributed by atoms with Crippen LogP contribution >= 0.6 is 15.9 Å². The molecule has 7 nitrogen and oxygen atoms in total. The van der Waals surface area contributed by atoms with E-state index in [0.717, 1.165) is 0 Å². The third kappa shape index (κ3) is 4.53. The summed E-state index contributed by atoms with van der Waals surface area (Å²) in [5.41, 5.74) is 0. The lowest BCUT2D eigenvalue weighted by Gasteiger charge is -2.30. The fraction of sp³-hybridized carbons (Fsp3) is 0.389. The summed E-state index contributed by atoms with van der Waals surface area (Å²) in [6.07, 6.45) is 2.53. The number of nitrogens with one attached hydrogen (secondary N) is 1. The molecular formula is C18H21BrN2O5S. The van der Waals surface area contributed by atoms with Crippen molar-refractivity contribution in [1.82, 2.24) is 9.62 Å². The van der Waals surface area contributed by atoms with E-state index in [-0.39, 0.29) is 16.7 Å². The highest BCUT2D eigenvalue weighted by Gasteiger charge is 2.32. The van der Waals surface area contributed by atoms with Gasteiger partial charge in [-0.1, -0.05) is 0 Å². The van der Waals surface area contributed by atoms with Crippen LogP contribution in [0.5, 0.6) is 5.75 Å². The van der Waals surface area contributed by atoms with E-state index in [0.29, 0.717) is 48.5 Å². The van der Waals surface area contributed by atoms with Gasteiger partial charge in [-0.2, -0.15) is 4.31 Å². The highest BCUT2D eigenvalue weighted by molar-refractivity contribution is 9.10. The first-order chi connectivity index (χ1) is 12.9. The van der Waals surface area contributed by atoms with Crippen molar-refractivity contribution in [2.24, 2.45) is 5.92 Å². The molecule has 0 bridgehead atoms. The van der Waals surface area contributed by atoms with Crippen LogP contribution < -0.4 is 10.1 Å². The van der Waals surface area contributed by atoms with Crippen LogP contribution in [-0.2, 0) is 21.4 Å². The van der Waals surface area contributed by atoms with Gasteiger partial charge in [-0.05, 0) is 59.1 Å². The summed E-state index contributed by atoms with van der Waals surface area (Å²) < 4.78 is 38.0. The molecule has 1 aromatic carbocycles. The molecule has 9 heteroatoms. The van der Waals surface area contributed by atoms with E-state index in [9.17, 15) is 13.2 Å². The molecule has 0 unspecified atom stereocenters. The van der Waals surface area contributed by atoms with Crippen molar-refractivity contribution >= 4 is 31.9 Å². The van der Waals surface area contributed by atoms with Crippen LogP contribution in [0.2, 0.25) is 0 Å². The molecule has 1 aromatic heterocycles. The van der Waals surface area contributed by atoms with Crippen LogP contribution in [0.3, 0.4) is 0 Å². The van der Waals surface area contributed by atoms with Crippen LogP contribution in [0, 0.1) is 5.92 Å². The molecule has 1 N–H and O–H groups in total. The third-order valence-electron chi connectivity index (χ3n) is 4.60. The number of carbonyl (C=O) groups is 1. The Morgan fingerprint density at radius 3 is 2.67 bits per heavy atom. The molecule has 0 aliphatic carbocycles. The summed E-state index contributed by atoms with van der Waals surface area (Å²) in [6.45, 7) is 0.958. The average Bonchev–Trinajstić information content (AvgIpc) is 3.19. The minimum absolute atomic E-state index is 0.0735. The predicted octanol–water partition coefficient (Wildman–Crippen LogP) is 2.77. The standard InChI is InChI=1S/C18H21BrN2O5S/c1-25-17-5-4-15(11-16(17)19)27(23,24)21-8-6-13(7-9-21)18(22)20-12-14-3-2-10-26-14/h2-5,10-11,13H,6-9,12H2,1H3,(H,20,22). The lowest BCUT2D eigenvalue weighted by molar-refractivity contribution is -0.126. The molecule has 2 heterocycles. The zero-order chi connectivity index (χ0) is 19.4. The normalized spacial score (nSPS) is 16.2. The highest BCUT2D eigenvalue weighted by Crippen LogP contribution is 2.30. The molecule has 1 saturated heterocycles. The van der Waals surface area contributed by atoms with Crippen LogP contribution in [0.1, 0.15) is 18.6 Å². The lowest BCUT2D eigenvalue weighted by Crippen LogP contribution is -2.42. The summed E-state index contributed by atoms with van der Waals surface area (Å²) in [7, 11) is -2.08. The van der Waals surface area contributed by atoms with E-state index in [2.05, 4.69) is 21.2 Å². The summed E-state index contributed by atoms with van der Waals surface area (Å²) in [4.78, 5) is 12.5. The number of piperidine rings is 1. The van der Waals surface area contributed by atoms with Gasteiger partial charge in [0, 0.05) is 19.0 Å². The number of methoxy groups -OCH3 is 1. The molecule has 0 radical (unpaired) electrons. The van der Waals surface area contributed by atoms with Crippen LogP contribution in [0.4, 0.5) is 0 Å². The van der Waals surface area contributed by atoms with E-state index in [1.165, 1.54) is 23.5 Å². The summed E-state index contributed by atoms with van der Waals surface area (Å²) in [6, 6.07) is 8.24. The summed E-state index contributed by atoms with van der Waals surface area (Å²) in [5, 5.41) is 2.84. The van der Waals surface area contributed by atoms with Gasteiger partial charge in [0.25, 0.3) is 0 Å². The first-order valence-electron chi connectivity index (χ1n) is 8.55. The van der Waals surface area contributed by atoms with Gasteiger partial charge in [0.15, 0.2) is 0 Å². The monoisotopic (exact) mass is 456 g/mol. The van der Waals surface area contributed by atoms with Crippen molar-refractivity contribution in [2.75, 3.05) is 20.2 Å². The Bertz CT molecular complexity index is 890.